The fourth-order valence-electron chi connectivity index (χ4n) is 5.68. The largest absolute Gasteiger partial charge is 1.00 e. The average Bonchev–Trinajstić information content (AvgIpc) is 3.52. The van der Waals surface area contributed by atoms with E-state index in [0.29, 0.717) is 40.0 Å². The Morgan fingerprint density at radius 2 is 0.841 bits per heavy atom. The van der Waals surface area contributed by atoms with Crippen LogP contribution in [0.1, 0.15) is 45.7 Å². The molecule has 0 aliphatic heterocycles. The van der Waals surface area contributed by atoms with Gasteiger partial charge < -0.3 is 24.8 Å². The van der Waals surface area contributed by atoms with Crippen molar-refractivity contribution < 1.29 is 55.3 Å². The monoisotopic (exact) mass is 688 g/mol. The smallest absolute Gasteiger partial charge is 1.00 e. The molecular weight excluding hydrogens is 659 g/mol. The van der Waals surface area contributed by atoms with E-state index in [0.717, 1.165) is 11.0 Å². The van der Waals surface area contributed by atoms with Crippen LogP contribution < -0.4 is 33.9 Å². The first-order chi connectivity index (χ1) is 20.6. The number of para-hydroxylation sites is 2. The fourth-order valence-corrected chi connectivity index (χ4v) is 9.22. The summed E-state index contributed by atoms with van der Waals surface area (Å²) in [5.41, 5.74) is 10.8. The van der Waals surface area contributed by atoms with Crippen molar-refractivity contribution in [2.24, 2.45) is 0 Å². The Morgan fingerprint density at radius 3 is 1.30 bits per heavy atom. The van der Waals surface area contributed by atoms with Crippen molar-refractivity contribution >= 4 is 43.1 Å². The molecule has 218 valence electrons. The van der Waals surface area contributed by atoms with Crippen LogP contribution >= 0.6 is 0 Å². The van der Waals surface area contributed by atoms with Crippen molar-refractivity contribution in [2.45, 2.75) is 23.4 Å². The zero-order valence-corrected chi connectivity index (χ0v) is 28.4. The summed E-state index contributed by atoms with van der Waals surface area (Å²) in [5.74, 6) is 0. The third kappa shape index (κ3) is 6.73. The first kappa shape index (κ1) is 32.2. The van der Waals surface area contributed by atoms with Crippen molar-refractivity contribution in [3.05, 3.63) is 155 Å². The Morgan fingerprint density at radius 1 is 0.455 bits per heavy atom. The van der Waals surface area contributed by atoms with Gasteiger partial charge >= 0.3 is 262 Å². The number of rotatable bonds is 4. The minimum Gasteiger partial charge on any atom is -1.00 e. The molecule has 4 aromatic carbocycles. The first-order valence-corrected chi connectivity index (χ1v) is 17.0. The van der Waals surface area contributed by atoms with Crippen molar-refractivity contribution in [2.75, 3.05) is 0 Å². The predicted octanol–water partition coefficient (Wildman–Crippen LogP) is 2.21. The number of aromatic nitrogens is 2. The molecule has 2 aromatic heterocycles. The van der Waals surface area contributed by atoms with Gasteiger partial charge in [0, 0.05) is 0 Å². The van der Waals surface area contributed by atoms with Gasteiger partial charge in [0.1, 0.15) is 0 Å². The average molecular weight is 690 g/mol. The van der Waals surface area contributed by atoms with E-state index in [4.69, 9.17) is 9.97 Å². The first-order valence-electron chi connectivity index (χ1n) is 14.2. The molecule has 2 aliphatic rings. The van der Waals surface area contributed by atoms with Gasteiger partial charge in [0.15, 0.2) is 0 Å². The zero-order chi connectivity index (χ0) is 28.5. The van der Waals surface area contributed by atoms with Crippen LogP contribution in [-0.4, -0.2) is 9.97 Å². The molecule has 0 spiro atoms. The van der Waals surface area contributed by atoms with Crippen LogP contribution in [0.4, 0.5) is 0 Å². The van der Waals surface area contributed by atoms with E-state index < -0.39 is 0 Å². The second kappa shape index (κ2) is 14.3. The van der Waals surface area contributed by atoms with Crippen molar-refractivity contribution in [3.8, 4) is 0 Å². The third-order valence-corrected chi connectivity index (χ3v) is 11.9. The Bertz CT molecular complexity index is 1860. The van der Waals surface area contributed by atoms with E-state index in [1.165, 1.54) is 53.3 Å². The number of pyridine rings is 2. The van der Waals surface area contributed by atoms with Crippen molar-refractivity contribution in [1.82, 2.24) is 9.97 Å². The topological polar surface area (TPSA) is 25.8 Å². The van der Waals surface area contributed by atoms with Gasteiger partial charge in [0.2, 0.25) is 0 Å². The number of halogens is 2. The minimum absolute atomic E-state index is 0. The zero-order valence-electron chi connectivity index (χ0n) is 24.3. The van der Waals surface area contributed by atoms with E-state index >= 15 is 0 Å². The molecule has 0 bridgehead atoms. The summed E-state index contributed by atoms with van der Waals surface area (Å²) < 4.78 is 3.52. The van der Waals surface area contributed by atoms with Crippen LogP contribution in [0.15, 0.2) is 132 Å². The molecule has 8 rings (SSSR count). The van der Waals surface area contributed by atoms with Gasteiger partial charge in [-0.2, -0.15) is 0 Å². The second-order valence-electron chi connectivity index (χ2n) is 10.7. The van der Waals surface area contributed by atoms with Crippen LogP contribution in [0, 0.1) is 0 Å². The van der Waals surface area contributed by atoms with Gasteiger partial charge in [0.25, 0.3) is 0 Å². The van der Waals surface area contributed by atoms with E-state index in [1.807, 2.05) is 0 Å². The van der Waals surface area contributed by atoms with E-state index in [-0.39, 0.29) is 24.8 Å². The number of hydrogen-bond donors (Lipinski definition) is 0. The molecular formula is C38H30Cl2Cr2N2. The molecule has 0 amide bonds. The standard InChI is InChI=1S/2C10H9.2C9H6N.2ClH.2Cr/c2*1-8-6-9-4-2-3-5-10(9)7-8;2*1-2-6-9-8(4-1)5-3-7-10-9;;;;/h2*2-7H,1H3;2*1-6H;2*1H;;/q;;;;;;2*+1/p-2. The van der Waals surface area contributed by atoms with Crippen LogP contribution in [-0.2, 0) is 30.4 Å². The Hall–Kier alpha value is -3.18. The maximum Gasteiger partial charge on any atom is -1.00 e. The maximum atomic E-state index is 4.85. The minimum atomic E-state index is 0. The molecule has 2 unspecified atom stereocenters. The Labute approximate surface area is 284 Å². The molecule has 0 N–H and O–H groups in total. The summed E-state index contributed by atoms with van der Waals surface area (Å²) in [6, 6.07) is 42.9. The summed E-state index contributed by atoms with van der Waals surface area (Å²) in [4.78, 5) is 9.69. The van der Waals surface area contributed by atoms with Gasteiger partial charge in [-0.3, -0.25) is 0 Å². The number of nitrogens with zero attached hydrogens (tertiary/aromatic N) is 2. The van der Waals surface area contributed by atoms with Crippen LogP contribution in [0.25, 0.3) is 34.0 Å². The number of allylic oxidation sites excluding steroid dienone is 2. The Kier molecular flexibility index (Phi) is 10.5. The number of benzene rings is 4. The number of hydrogen-bond acceptors (Lipinski definition) is 2. The van der Waals surface area contributed by atoms with Crippen LogP contribution in [0.2, 0.25) is 0 Å². The van der Waals surface area contributed by atoms with Crippen LogP contribution in [0.5, 0.6) is 0 Å². The quantitative estimate of drug-likeness (QED) is 0.284. The molecule has 0 saturated heterocycles. The predicted molar refractivity (Wildman–Crippen MR) is 168 cm³/mol. The molecule has 2 heterocycles. The molecule has 0 fully saturated rings. The van der Waals surface area contributed by atoms with E-state index in [1.54, 1.807) is 0 Å². The second-order valence-corrected chi connectivity index (χ2v) is 14.2. The Balaban J connectivity index is 0.000000167. The fraction of sp³-hybridized carbons (Fsp3) is 0.105. The van der Waals surface area contributed by atoms with Gasteiger partial charge in [-0.15, -0.1) is 0 Å². The summed E-state index contributed by atoms with van der Waals surface area (Å²) >= 11 is 0.661. The number of fused-ring (bicyclic) bond motifs is 4. The van der Waals surface area contributed by atoms with Gasteiger partial charge in [-0.05, 0) is 0 Å². The molecule has 0 radical (unpaired) electrons. The van der Waals surface area contributed by atoms with Crippen molar-refractivity contribution in [1.29, 1.82) is 0 Å². The van der Waals surface area contributed by atoms with Gasteiger partial charge in [0.05, 0.1) is 0 Å². The molecule has 2 nitrogen and oxygen atoms in total. The molecule has 2 atom stereocenters. The van der Waals surface area contributed by atoms with E-state index in [2.05, 4.69) is 147 Å². The maximum absolute atomic E-state index is 4.85. The molecule has 2 aliphatic carbocycles. The molecule has 6 heteroatoms. The molecule has 0 saturated carbocycles. The van der Waals surface area contributed by atoms with Gasteiger partial charge in [-0.25, -0.2) is 0 Å². The normalized spacial score (nSPS) is 15.9. The molecule has 6 aromatic rings. The van der Waals surface area contributed by atoms with E-state index in [9.17, 15) is 0 Å². The summed E-state index contributed by atoms with van der Waals surface area (Å²) in [5, 5.41) is 2.44. The van der Waals surface area contributed by atoms with Gasteiger partial charge in [-0.1, -0.05) is 0 Å². The summed E-state index contributed by atoms with van der Waals surface area (Å²) in [7, 11) is 0. The summed E-state index contributed by atoms with van der Waals surface area (Å²) in [6.07, 6.45) is 4.64. The van der Waals surface area contributed by atoms with Crippen molar-refractivity contribution in [3.63, 3.8) is 0 Å². The SMILES string of the molecule is CC1=Cc2ccccc2[CH]1[Cr+][c]1ccc2ccccc2n1.CC1=Cc2ccccc2[CH]1[Cr+][c]1ccc2ccccc2n1.[Cl-].[Cl-]. The molecule has 44 heavy (non-hydrogen) atoms. The third-order valence-electron chi connectivity index (χ3n) is 7.77. The summed E-state index contributed by atoms with van der Waals surface area (Å²) in [6.45, 7) is 4.49. The van der Waals surface area contributed by atoms with Crippen LogP contribution in [0.3, 0.4) is 0 Å².